The molecule has 0 bridgehead atoms. The van der Waals surface area contributed by atoms with Crippen molar-refractivity contribution in [1.29, 1.82) is 0 Å². The molecule has 2 heterocycles. The van der Waals surface area contributed by atoms with Gasteiger partial charge in [-0.05, 0) is 31.2 Å². The number of nitrogens with one attached hydrogen (secondary N) is 1. The van der Waals surface area contributed by atoms with Crippen LogP contribution in [0.1, 0.15) is 37.7 Å². The minimum absolute atomic E-state index is 0.130. The van der Waals surface area contributed by atoms with Gasteiger partial charge in [-0.15, -0.1) is 0 Å². The summed E-state index contributed by atoms with van der Waals surface area (Å²) in [4.78, 5) is 39.9. The molecule has 0 radical (unpaired) electrons. The minimum Gasteiger partial charge on any atom is -0.341 e. The molecule has 25 heavy (non-hydrogen) atoms. The van der Waals surface area contributed by atoms with Crippen LogP contribution in [0, 0.1) is 0 Å². The molecule has 4 amide bonds. The van der Waals surface area contributed by atoms with Gasteiger partial charge in [0.1, 0.15) is 12.6 Å². The summed E-state index contributed by atoms with van der Waals surface area (Å²) in [7, 11) is 0. The highest BCUT2D eigenvalue weighted by atomic mass is 16.2. The van der Waals surface area contributed by atoms with Crippen molar-refractivity contribution in [2.24, 2.45) is 0 Å². The first kappa shape index (κ1) is 17.5. The van der Waals surface area contributed by atoms with Crippen molar-refractivity contribution in [2.45, 2.75) is 44.6 Å². The lowest BCUT2D eigenvalue weighted by atomic mass is 10.1. The van der Waals surface area contributed by atoms with Gasteiger partial charge in [-0.2, -0.15) is 0 Å². The van der Waals surface area contributed by atoms with Gasteiger partial charge in [0.15, 0.2) is 0 Å². The van der Waals surface area contributed by atoms with Gasteiger partial charge in [-0.1, -0.05) is 43.2 Å². The zero-order chi connectivity index (χ0) is 17.6. The van der Waals surface area contributed by atoms with Crippen LogP contribution < -0.4 is 5.32 Å². The number of imide groups is 1. The van der Waals surface area contributed by atoms with Crippen LogP contribution in [0.15, 0.2) is 30.3 Å². The first-order chi connectivity index (χ1) is 12.1. The van der Waals surface area contributed by atoms with Crippen molar-refractivity contribution in [3.8, 4) is 0 Å². The third-order valence-corrected chi connectivity index (χ3v) is 4.92. The van der Waals surface area contributed by atoms with E-state index in [4.69, 9.17) is 0 Å². The Morgan fingerprint density at radius 1 is 1.04 bits per heavy atom. The van der Waals surface area contributed by atoms with E-state index in [1.807, 2.05) is 30.3 Å². The van der Waals surface area contributed by atoms with Gasteiger partial charge in [0.05, 0.1) is 0 Å². The van der Waals surface area contributed by atoms with E-state index in [1.165, 1.54) is 0 Å². The van der Waals surface area contributed by atoms with Gasteiger partial charge in [0.25, 0.3) is 5.91 Å². The molecule has 0 spiro atoms. The zero-order valence-corrected chi connectivity index (χ0v) is 14.4. The second-order valence-corrected chi connectivity index (χ2v) is 6.75. The van der Waals surface area contributed by atoms with Crippen LogP contribution in [-0.4, -0.2) is 53.3 Å². The van der Waals surface area contributed by atoms with Crippen molar-refractivity contribution in [3.05, 3.63) is 35.9 Å². The molecule has 1 aromatic carbocycles. The molecule has 0 aromatic heterocycles. The Hall–Kier alpha value is -2.37. The molecule has 0 aliphatic carbocycles. The van der Waals surface area contributed by atoms with E-state index in [9.17, 15) is 14.4 Å². The molecule has 0 saturated carbocycles. The summed E-state index contributed by atoms with van der Waals surface area (Å²) in [5.74, 6) is -0.418. The predicted molar refractivity (Wildman–Crippen MR) is 93.8 cm³/mol. The fourth-order valence-corrected chi connectivity index (χ4v) is 3.43. The number of carbonyl (C=O) groups excluding carboxylic acids is 3. The van der Waals surface area contributed by atoms with Gasteiger partial charge in [0, 0.05) is 13.1 Å². The van der Waals surface area contributed by atoms with Crippen molar-refractivity contribution < 1.29 is 14.4 Å². The van der Waals surface area contributed by atoms with Gasteiger partial charge < -0.3 is 10.2 Å². The Balaban J connectivity index is 1.54. The second-order valence-electron chi connectivity index (χ2n) is 6.75. The smallest absolute Gasteiger partial charge is 0.325 e. The number of carbonyl (C=O) groups is 3. The Morgan fingerprint density at radius 3 is 2.40 bits per heavy atom. The van der Waals surface area contributed by atoms with Crippen LogP contribution >= 0.6 is 0 Å². The average Bonchev–Trinajstić information content (AvgIpc) is 2.83. The number of likely N-dealkylation sites (tertiary alicyclic amines) is 1. The molecule has 1 unspecified atom stereocenters. The van der Waals surface area contributed by atoms with Gasteiger partial charge in [-0.3, -0.25) is 14.5 Å². The first-order valence-electron chi connectivity index (χ1n) is 9.09. The summed E-state index contributed by atoms with van der Waals surface area (Å²) in [6, 6.07) is 8.87. The summed E-state index contributed by atoms with van der Waals surface area (Å²) in [5.41, 5.74) is 1.13. The molecule has 1 N–H and O–H groups in total. The molecule has 2 aliphatic rings. The van der Waals surface area contributed by atoms with Crippen LogP contribution in [-0.2, 0) is 16.0 Å². The molecule has 1 aromatic rings. The standard InChI is InChI=1S/C19H25N3O3/c23-17(21-12-6-1-2-7-13-21)14-22-18(24)16(20-19(22)25)11-10-15-8-4-3-5-9-15/h3-5,8-9,16H,1-2,6-7,10-14H2,(H,20,25). The molecule has 134 valence electrons. The number of aryl methyl sites for hydroxylation is 1. The molecule has 1 atom stereocenters. The SMILES string of the molecule is O=C(CN1C(=O)NC(CCc2ccccc2)C1=O)N1CCCCCC1. The maximum absolute atomic E-state index is 12.5. The van der Waals surface area contributed by atoms with E-state index in [-0.39, 0.29) is 18.4 Å². The lowest BCUT2D eigenvalue weighted by molar-refractivity contribution is -0.137. The summed E-state index contributed by atoms with van der Waals surface area (Å²) in [6.45, 7) is 1.30. The highest BCUT2D eigenvalue weighted by Crippen LogP contribution is 2.15. The van der Waals surface area contributed by atoms with Crippen LogP contribution in [0.2, 0.25) is 0 Å². The normalized spacial score (nSPS) is 21.2. The Kier molecular flexibility index (Phi) is 5.68. The maximum atomic E-state index is 12.5. The molecular weight excluding hydrogens is 318 g/mol. The summed E-state index contributed by atoms with van der Waals surface area (Å²) in [6.07, 6.45) is 5.51. The van der Waals surface area contributed by atoms with Gasteiger partial charge in [-0.25, -0.2) is 4.79 Å². The quantitative estimate of drug-likeness (QED) is 0.831. The van der Waals surface area contributed by atoms with E-state index in [1.54, 1.807) is 4.90 Å². The van der Waals surface area contributed by atoms with Gasteiger partial charge >= 0.3 is 6.03 Å². The Labute approximate surface area is 148 Å². The number of rotatable bonds is 5. The number of nitrogens with zero attached hydrogens (tertiary/aromatic N) is 2. The minimum atomic E-state index is -0.537. The third kappa shape index (κ3) is 4.38. The monoisotopic (exact) mass is 343 g/mol. The fourth-order valence-electron chi connectivity index (χ4n) is 3.43. The van der Waals surface area contributed by atoms with Crippen LogP contribution in [0.5, 0.6) is 0 Å². The summed E-state index contributed by atoms with van der Waals surface area (Å²) >= 11 is 0. The lowest BCUT2D eigenvalue weighted by Crippen LogP contribution is -2.43. The molecule has 2 saturated heterocycles. The number of benzene rings is 1. The summed E-state index contributed by atoms with van der Waals surface area (Å²) in [5, 5.41) is 2.71. The lowest BCUT2D eigenvalue weighted by Gasteiger charge is -2.22. The predicted octanol–water partition coefficient (Wildman–Crippen LogP) is 1.94. The van der Waals surface area contributed by atoms with Crippen molar-refractivity contribution in [1.82, 2.24) is 15.1 Å². The highest BCUT2D eigenvalue weighted by molar-refractivity contribution is 6.06. The number of hydrogen-bond donors (Lipinski definition) is 1. The third-order valence-electron chi connectivity index (χ3n) is 4.92. The Morgan fingerprint density at radius 2 is 1.72 bits per heavy atom. The largest absolute Gasteiger partial charge is 0.341 e. The van der Waals surface area contributed by atoms with Gasteiger partial charge in [0.2, 0.25) is 5.91 Å². The zero-order valence-electron chi connectivity index (χ0n) is 14.4. The van der Waals surface area contributed by atoms with Crippen molar-refractivity contribution in [2.75, 3.05) is 19.6 Å². The Bertz CT molecular complexity index is 624. The molecule has 3 rings (SSSR count). The molecule has 6 heteroatoms. The first-order valence-corrected chi connectivity index (χ1v) is 9.09. The van der Waals surface area contributed by atoms with Crippen molar-refractivity contribution >= 4 is 17.8 Å². The fraction of sp³-hybridized carbons (Fsp3) is 0.526. The summed E-state index contributed by atoms with van der Waals surface area (Å²) < 4.78 is 0. The number of urea groups is 1. The second kappa shape index (κ2) is 8.14. The number of amides is 4. The van der Waals surface area contributed by atoms with Crippen LogP contribution in [0.4, 0.5) is 4.79 Å². The van der Waals surface area contributed by atoms with Crippen LogP contribution in [0.3, 0.4) is 0 Å². The van der Waals surface area contributed by atoms with E-state index in [0.29, 0.717) is 12.8 Å². The molecule has 2 aliphatic heterocycles. The van der Waals surface area contributed by atoms with E-state index in [2.05, 4.69) is 5.32 Å². The van der Waals surface area contributed by atoms with E-state index in [0.717, 1.165) is 49.2 Å². The number of hydrogen-bond acceptors (Lipinski definition) is 3. The van der Waals surface area contributed by atoms with Crippen molar-refractivity contribution in [3.63, 3.8) is 0 Å². The maximum Gasteiger partial charge on any atom is 0.325 e. The highest BCUT2D eigenvalue weighted by Gasteiger charge is 2.39. The van der Waals surface area contributed by atoms with E-state index >= 15 is 0 Å². The topological polar surface area (TPSA) is 69.7 Å². The van der Waals surface area contributed by atoms with Crippen LogP contribution in [0.25, 0.3) is 0 Å². The molecule has 6 nitrogen and oxygen atoms in total. The average molecular weight is 343 g/mol. The van der Waals surface area contributed by atoms with E-state index < -0.39 is 12.1 Å². The molecule has 2 fully saturated rings. The molecular formula is C19H25N3O3.